The Balaban J connectivity index is 1.72. The standard InChI is InChI=1S/C56H109NO13/c1-3-5-7-9-11-13-15-17-18-19-20-21-22-23-24-25-26-28-30-32-34-36-38-40-48(61)57-44(45(60)39-37-35-33-31-29-27-16-14-12-10-8-6-4-2)43-67-55-53(66)51(64)54(47(42-59)69-55)70-56-52(65)50(63)49(62)46(41-58)68-56/h44-47,49-56,58-60,62-66H,3-43H2,1-2H3,(H,57,61)/t44-,45+,46?,47?,49-,50-,51+,52?,53?,54+,55+,56-/m0/s1. The fourth-order valence-electron chi connectivity index (χ4n) is 10.1. The van der Waals surface area contributed by atoms with Gasteiger partial charge >= 0.3 is 0 Å². The highest BCUT2D eigenvalue weighted by molar-refractivity contribution is 5.76. The smallest absolute Gasteiger partial charge is 0.220 e. The zero-order chi connectivity index (χ0) is 51.0. The first-order chi connectivity index (χ1) is 34.1. The van der Waals surface area contributed by atoms with E-state index in [0.717, 1.165) is 51.4 Å². The van der Waals surface area contributed by atoms with Crippen molar-refractivity contribution in [1.82, 2.24) is 5.32 Å². The van der Waals surface area contributed by atoms with Crippen molar-refractivity contribution in [3.05, 3.63) is 0 Å². The van der Waals surface area contributed by atoms with Crippen molar-refractivity contribution in [2.45, 2.75) is 331 Å². The molecule has 9 N–H and O–H groups in total. The van der Waals surface area contributed by atoms with Crippen LogP contribution in [0.5, 0.6) is 0 Å². The van der Waals surface area contributed by atoms with E-state index in [2.05, 4.69) is 19.2 Å². The highest BCUT2D eigenvalue weighted by Crippen LogP contribution is 2.30. The van der Waals surface area contributed by atoms with Crippen molar-refractivity contribution < 1.29 is 64.6 Å². The van der Waals surface area contributed by atoms with Crippen molar-refractivity contribution in [3.8, 4) is 0 Å². The summed E-state index contributed by atoms with van der Waals surface area (Å²) in [6, 6.07) is -0.821. The molecule has 0 aromatic carbocycles. The Kier molecular flexibility index (Phi) is 40.2. The molecule has 12 atom stereocenters. The fourth-order valence-corrected chi connectivity index (χ4v) is 10.1. The molecule has 2 aliphatic rings. The molecule has 2 aliphatic heterocycles. The maximum atomic E-state index is 13.2. The van der Waals surface area contributed by atoms with E-state index < -0.39 is 86.8 Å². The first-order valence-corrected chi connectivity index (χ1v) is 29.3. The predicted octanol–water partition coefficient (Wildman–Crippen LogP) is 9.34. The molecule has 0 saturated carbocycles. The third kappa shape index (κ3) is 29.2. The van der Waals surface area contributed by atoms with E-state index in [1.54, 1.807) is 0 Å². The lowest BCUT2D eigenvalue weighted by atomic mass is 9.97. The number of hydrogen-bond acceptors (Lipinski definition) is 13. The molecule has 4 unspecified atom stereocenters. The van der Waals surface area contributed by atoms with Gasteiger partial charge < -0.3 is 65.1 Å². The van der Waals surface area contributed by atoms with Crippen molar-refractivity contribution in [2.75, 3.05) is 19.8 Å². The Hall–Kier alpha value is -1.01. The Bertz CT molecular complexity index is 1180. The van der Waals surface area contributed by atoms with Crippen LogP contribution in [0.1, 0.15) is 258 Å². The summed E-state index contributed by atoms with van der Waals surface area (Å²) in [5.74, 6) is -0.201. The van der Waals surface area contributed by atoms with Gasteiger partial charge in [-0.05, 0) is 12.8 Å². The van der Waals surface area contributed by atoms with Crippen LogP contribution in [0.3, 0.4) is 0 Å². The Labute approximate surface area is 425 Å². The number of rotatable bonds is 47. The first-order valence-electron chi connectivity index (χ1n) is 29.3. The molecular formula is C56H109NO13. The van der Waals surface area contributed by atoms with Gasteiger partial charge in [0.15, 0.2) is 12.6 Å². The van der Waals surface area contributed by atoms with Gasteiger partial charge in [-0.25, -0.2) is 0 Å². The van der Waals surface area contributed by atoms with E-state index in [1.807, 2.05) is 0 Å². The van der Waals surface area contributed by atoms with Gasteiger partial charge in [0.25, 0.3) is 0 Å². The van der Waals surface area contributed by atoms with Crippen LogP contribution in [0.25, 0.3) is 0 Å². The van der Waals surface area contributed by atoms with Gasteiger partial charge in [0.2, 0.25) is 5.91 Å². The number of hydrogen-bond donors (Lipinski definition) is 9. The van der Waals surface area contributed by atoms with E-state index in [9.17, 15) is 45.6 Å². The number of nitrogens with one attached hydrogen (secondary N) is 1. The van der Waals surface area contributed by atoms with Crippen LogP contribution >= 0.6 is 0 Å². The van der Waals surface area contributed by atoms with Crippen LogP contribution in [0.15, 0.2) is 0 Å². The molecule has 0 aromatic heterocycles. The maximum absolute atomic E-state index is 13.2. The number of aliphatic hydroxyl groups is 8. The van der Waals surface area contributed by atoms with Crippen LogP contribution in [-0.4, -0.2) is 140 Å². The summed E-state index contributed by atoms with van der Waals surface area (Å²) in [7, 11) is 0. The topological polar surface area (TPSA) is 228 Å². The average Bonchev–Trinajstić information content (AvgIpc) is 3.36. The molecule has 14 nitrogen and oxygen atoms in total. The number of carbonyl (C=O) groups excluding carboxylic acids is 1. The molecule has 0 spiro atoms. The maximum Gasteiger partial charge on any atom is 0.220 e. The second-order valence-corrected chi connectivity index (χ2v) is 21.1. The highest BCUT2D eigenvalue weighted by Gasteiger charge is 2.51. The zero-order valence-corrected chi connectivity index (χ0v) is 44.5. The zero-order valence-electron chi connectivity index (χ0n) is 44.5. The van der Waals surface area contributed by atoms with Crippen LogP contribution < -0.4 is 5.32 Å². The third-order valence-corrected chi connectivity index (χ3v) is 14.8. The molecule has 0 bridgehead atoms. The summed E-state index contributed by atoms with van der Waals surface area (Å²) >= 11 is 0. The van der Waals surface area contributed by atoms with Gasteiger partial charge in [0, 0.05) is 6.42 Å². The quantitative estimate of drug-likeness (QED) is 0.0259. The average molecular weight is 1000 g/mol. The summed E-state index contributed by atoms with van der Waals surface area (Å²) < 4.78 is 22.8. The van der Waals surface area contributed by atoms with Crippen molar-refractivity contribution in [1.29, 1.82) is 0 Å². The minimum Gasteiger partial charge on any atom is -0.394 e. The third-order valence-electron chi connectivity index (χ3n) is 14.8. The van der Waals surface area contributed by atoms with E-state index in [1.165, 1.54) is 180 Å². The summed E-state index contributed by atoms with van der Waals surface area (Å²) in [5.41, 5.74) is 0. The number of unbranched alkanes of at least 4 members (excludes halogenated alkanes) is 34. The summed E-state index contributed by atoms with van der Waals surface area (Å²) in [5, 5.41) is 87.1. The van der Waals surface area contributed by atoms with E-state index in [4.69, 9.17) is 18.9 Å². The molecule has 416 valence electrons. The monoisotopic (exact) mass is 1000 g/mol. The van der Waals surface area contributed by atoms with E-state index >= 15 is 0 Å². The van der Waals surface area contributed by atoms with E-state index in [0.29, 0.717) is 12.8 Å². The van der Waals surface area contributed by atoms with Gasteiger partial charge in [0.1, 0.15) is 48.8 Å². The highest BCUT2D eigenvalue weighted by atomic mass is 16.7. The van der Waals surface area contributed by atoms with Gasteiger partial charge in [-0.2, -0.15) is 0 Å². The summed E-state index contributed by atoms with van der Waals surface area (Å²) in [4.78, 5) is 13.2. The SMILES string of the molecule is CCCCCCCCCCCCCCCCCCCCCCCCCC(=O)N[C@@H](CO[C@@H]1OC(CO)[C@@H](O[C@@H]2OC(CO)[C@H](O)[C@H](O)C2O)[C@H](O)C1O)[C@H](O)CCCCCCCCCCCCCCC. The minimum atomic E-state index is -1.78. The normalized spacial score (nSPS) is 25.9. The summed E-state index contributed by atoms with van der Waals surface area (Å²) in [6.07, 6.45) is 29.6. The predicted molar refractivity (Wildman–Crippen MR) is 277 cm³/mol. The van der Waals surface area contributed by atoms with Crippen LogP contribution in [0.2, 0.25) is 0 Å². The van der Waals surface area contributed by atoms with Crippen LogP contribution in [-0.2, 0) is 23.7 Å². The molecule has 70 heavy (non-hydrogen) atoms. The van der Waals surface area contributed by atoms with Crippen molar-refractivity contribution >= 4 is 5.91 Å². The van der Waals surface area contributed by atoms with Gasteiger partial charge in [-0.1, -0.05) is 239 Å². The molecule has 14 heteroatoms. The van der Waals surface area contributed by atoms with Crippen LogP contribution in [0.4, 0.5) is 0 Å². The lowest BCUT2D eigenvalue weighted by Gasteiger charge is -2.46. The Morgan fingerprint density at radius 3 is 1.21 bits per heavy atom. The van der Waals surface area contributed by atoms with E-state index in [-0.39, 0.29) is 12.5 Å². The number of ether oxygens (including phenoxy) is 4. The number of carbonyl (C=O) groups is 1. The van der Waals surface area contributed by atoms with Gasteiger partial charge in [-0.3, -0.25) is 4.79 Å². The molecule has 2 heterocycles. The van der Waals surface area contributed by atoms with Gasteiger partial charge in [-0.15, -0.1) is 0 Å². The molecule has 2 rings (SSSR count). The minimum absolute atomic E-state index is 0.201. The largest absolute Gasteiger partial charge is 0.394 e. The first kappa shape index (κ1) is 65.1. The second kappa shape index (κ2) is 43.3. The van der Waals surface area contributed by atoms with Gasteiger partial charge in [0.05, 0.1) is 32.0 Å². The molecule has 0 aliphatic carbocycles. The lowest BCUT2D eigenvalue weighted by Crippen LogP contribution is -2.65. The molecule has 2 saturated heterocycles. The lowest BCUT2D eigenvalue weighted by molar-refractivity contribution is -0.359. The number of amides is 1. The fraction of sp³-hybridized carbons (Fsp3) is 0.982. The summed E-state index contributed by atoms with van der Waals surface area (Å²) in [6.45, 7) is 2.88. The molecule has 0 radical (unpaired) electrons. The molecule has 2 fully saturated rings. The number of aliphatic hydroxyl groups excluding tert-OH is 8. The molecule has 0 aromatic rings. The van der Waals surface area contributed by atoms with Crippen molar-refractivity contribution in [2.24, 2.45) is 0 Å². The van der Waals surface area contributed by atoms with Crippen LogP contribution in [0, 0.1) is 0 Å². The molecular weight excluding hydrogens is 895 g/mol. The second-order valence-electron chi connectivity index (χ2n) is 21.1. The molecule has 1 amide bonds. The Morgan fingerprint density at radius 1 is 0.457 bits per heavy atom. The van der Waals surface area contributed by atoms with Crippen molar-refractivity contribution in [3.63, 3.8) is 0 Å². The Morgan fingerprint density at radius 2 is 0.814 bits per heavy atom.